The van der Waals surface area contributed by atoms with Crippen molar-refractivity contribution in [2.75, 3.05) is 0 Å². The summed E-state index contributed by atoms with van der Waals surface area (Å²) in [6, 6.07) is 0.174. The predicted molar refractivity (Wildman–Crippen MR) is 40.9 cm³/mol. The number of carbonyl (C=O) groups excluding carboxylic acids is 1. The Hall–Kier alpha value is -0.770. The fourth-order valence-corrected chi connectivity index (χ4v) is 1.45. The third kappa shape index (κ3) is 2.76. The molecule has 1 saturated carbocycles. The van der Waals surface area contributed by atoms with Crippen LogP contribution in [0.4, 0.5) is 4.79 Å². The summed E-state index contributed by atoms with van der Waals surface area (Å²) in [5, 5.41) is 0. The van der Waals surface area contributed by atoms with Gasteiger partial charge in [0.15, 0.2) is 0 Å². The van der Waals surface area contributed by atoms with Crippen LogP contribution in [-0.4, -0.2) is 18.2 Å². The van der Waals surface area contributed by atoms with Crippen LogP contribution in [0.5, 0.6) is 0 Å². The van der Waals surface area contributed by atoms with Crippen LogP contribution in [0.2, 0.25) is 0 Å². The second-order valence-corrected chi connectivity index (χ2v) is 2.99. The maximum Gasteiger partial charge on any atom is 0.404 e. The summed E-state index contributed by atoms with van der Waals surface area (Å²) in [6.07, 6.45) is 2.97. The van der Waals surface area contributed by atoms with Gasteiger partial charge >= 0.3 is 6.09 Å². The van der Waals surface area contributed by atoms with E-state index in [1.54, 1.807) is 0 Å². The molecule has 4 heteroatoms. The zero-order valence-electron chi connectivity index (χ0n) is 6.45. The number of hydrogen-bond donors (Lipinski definition) is 2. The third-order valence-corrected chi connectivity index (χ3v) is 1.95. The molecule has 64 valence electrons. The van der Waals surface area contributed by atoms with E-state index in [4.69, 9.17) is 16.2 Å². The van der Waals surface area contributed by atoms with Gasteiger partial charge in [-0.25, -0.2) is 4.79 Å². The normalized spacial score (nSPS) is 31.4. The smallest absolute Gasteiger partial charge is 0.404 e. The van der Waals surface area contributed by atoms with Crippen molar-refractivity contribution in [2.24, 2.45) is 11.5 Å². The molecule has 0 aliphatic heterocycles. The Morgan fingerprint density at radius 2 is 2.18 bits per heavy atom. The van der Waals surface area contributed by atoms with E-state index in [1.807, 2.05) is 0 Å². The van der Waals surface area contributed by atoms with Gasteiger partial charge < -0.3 is 16.2 Å². The average molecular weight is 158 g/mol. The lowest BCUT2D eigenvalue weighted by molar-refractivity contribution is 0.0777. The fraction of sp³-hybridized carbons (Fsp3) is 0.857. The van der Waals surface area contributed by atoms with Crippen molar-refractivity contribution < 1.29 is 9.53 Å². The molecule has 0 radical (unpaired) electrons. The lowest BCUT2D eigenvalue weighted by atomic mass is 9.94. The molecule has 1 fully saturated rings. The number of primary amides is 1. The van der Waals surface area contributed by atoms with E-state index in [-0.39, 0.29) is 12.1 Å². The van der Waals surface area contributed by atoms with Gasteiger partial charge in [0.1, 0.15) is 6.10 Å². The summed E-state index contributed by atoms with van der Waals surface area (Å²) in [7, 11) is 0. The van der Waals surface area contributed by atoms with E-state index in [2.05, 4.69) is 0 Å². The van der Waals surface area contributed by atoms with Crippen LogP contribution in [0.25, 0.3) is 0 Å². The molecular weight excluding hydrogens is 144 g/mol. The molecule has 0 bridgehead atoms. The van der Waals surface area contributed by atoms with Crippen molar-refractivity contribution >= 4 is 6.09 Å². The molecule has 0 saturated heterocycles. The maximum atomic E-state index is 10.3. The number of hydrogen-bond acceptors (Lipinski definition) is 3. The monoisotopic (exact) mass is 158 g/mol. The Labute approximate surface area is 65.9 Å². The van der Waals surface area contributed by atoms with Crippen molar-refractivity contribution in [3.63, 3.8) is 0 Å². The van der Waals surface area contributed by atoms with Gasteiger partial charge in [-0.05, 0) is 25.7 Å². The first-order chi connectivity index (χ1) is 5.18. The summed E-state index contributed by atoms with van der Waals surface area (Å²) in [6.45, 7) is 0. The van der Waals surface area contributed by atoms with E-state index in [9.17, 15) is 4.79 Å². The molecular formula is C7H14N2O2. The Bertz CT molecular complexity index is 149. The van der Waals surface area contributed by atoms with E-state index >= 15 is 0 Å². The minimum atomic E-state index is -0.691. The van der Waals surface area contributed by atoms with E-state index in [1.165, 1.54) is 0 Å². The maximum absolute atomic E-state index is 10.3. The average Bonchev–Trinajstić information content (AvgIpc) is 1.85. The van der Waals surface area contributed by atoms with Crippen molar-refractivity contribution in [3.8, 4) is 0 Å². The van der Waals surface area contributed by atoms with E-state index < -0.39 is 6.09 Å². The molecule has 0 heterocycles. The van der Waals surface area contributed by atoms with E-state index in [0.29, 0.717) is 0 Å². The van der Waals surface area contributed by atoms with Gasteiger partial charge in [0, 0.05) is 6.04 Å². The first-order valence-electron chi connectivity index (χ1n) is 3.90. The van der Waals surface area contributed by atoms with Crippen molar-refractivity contribution in [1.82, 2.24) is 0 Å². The lowest BCUT2D eigenvalue weighted by Gasteiger charge is -2.25. The topological polar surface area (TPSA) is 78.3 Å². The molecule has 0 aromatic carbocycles. The Morgan fingerprint density at radius 3 is 2.73 bits per heavy atom. The number of carbonyl (C=O) groups is 1. The molecule has 11 heavy (non-hydrogen) atoms. The van der Waals surface area contributed by atoms with Crippen molar-refractivity contribution in [2.45, 2.75) is 37.8 Å². The molecule has 4 N–H and O–H groups in total. The van der Waals surface area contributed by atoms with Gasteiger partial charge in [-0.3, -0.25) is 0 Å². The summed E-state index contributed by atoms with van der Waals surface area (Å²) in [5.74, 6) is 0. The summed E-state index contributed by atoms with van der Waals surface area (Å²) in [4.78, 5) is 10.3. The Balaban J connectivity index is 2.28. The summed E-state index contributed by atoms with van der Waals surface area (Å²) < 4.78 is 4.82. The largest absolute Gasteiger partial charge is 0.446 e. The number of ether oxygens (including phenoxy) is 1. The van der Waals surface area contributed by atoms with Gasteiger partial charge in [-0.15, -0.1) is 0 Å². The zero-order valence-corrected chi connectivity index (χ0v) is 6.45. The van der Waals surface area contributed by atoms with Crippen molar-refractivity contribution in [3.05, 3.63) is 0 Å². The predicted octanol–water partition coefficient (Wildman–Crippen LogP) is 0.352. The van der Waals surface area contributed by atoms with Crippen LogP contribution in [0.15, 0.2) is 0 Å². The van der Waals surface area contributed by atoms with Gasteiger partial charge in [0.2, 0.25) is 0 Å². The second-order valence-electron chi connectivity index (χ2n) is 2.99. The fourth-order valence-electron chi connectivity index (χ4n) is 1.45. The molecule has 1 aliphatic rings. The second kappa shape index (κ2) is 3.57. The van der Waals surface area contributed by atoms with Gasteiger partial charge in [0.05, 0.1) is 0 Å². The minimum absolute atomic E-state index is 0.0451. The number of nitrogens with two attached hydrogens (primary N) is 2. The van der Waals surface area contributed by atoms with Gasteiger partial charge in [0.25, 0.3) is 0 Å². The van der Waals surface area contributed by atoms with Crippen LogP contribution in [0, 0.1) is 0 Å². The first kappa shape index (κ1) is 8.33. The number of rotatable bonds is 1. The van der Waals surface area contributed by atoms with Crippen LogP contribution in [-0.2, 0) is 4.74 Å². The third-order valence-electron chi connectivity index (χ3n) is 1.95. The van der Waals surface area contributed by atoms with Crippen molar-refractivity contribution in [1.29, 1.82) is 0 Å². The molecule has 1 rings (SSSR count). The summed E-state index contributed by atoms with van der Waals surface area (Å²) in [5.41, 5.74) is 10.5. The summed E-state index contributed by atoms with van der Waals surface area (Å²) >= 11 is 0. The van der Waals surface area contributed by atoms with Crippen LogP contribution in [0.3, 0.4) is 0 Å². The molecule has 1 aliphatic carbocycles. The number of amides is 1. The molecule has 1 amide bonds. The van der Waals surface area contributed by atoms with Crippen LogP contribution >= 0.6 is 0 Å². The molecule has 0 spiro atoms. The molecule has 0 unspecified atom stereocenters. The Kier molecular flexibility index (Phi) is 2.70. The highest BCUT2D eigenvalue weighted by Crippen LogP contribution is 2.19. The molecule has 4 nitrogen and oxygen atoms in total. The molecule has 0 aromatic heterocycles. The minimum Gasteiger partial charge on any atom is -0.446 e. The van der Waals surface area contributed by atoms with Gasteiger partial charge in [-0.2, -0.15) is 0 Å². The molecule has 2 atom stereocenters. The van der Waals surface area contributed by atoms with Crippen LogP contribution < -0.4 is 11.5 Å². The first-order valence-corrected chi connectivity index (χ1v) is 3.90. The highest BCUT2D eigenvalue weighted by atomic mass is 16.6. The quantitative estimate of drug-likeness (QED) is 0.578. The standard InChI is InChI=1S/C7H14N2O2/c8-5-2-1-3-6(4-5)11-7(9)10/h5-6H,1-4,8H2,(H2,9,10)/t5-,6-/m0/s1. The highest BCUT2D eigenvalue weighted by Gasteiger charge is 2.21. The molecule has 0 aromatic rings. The van der Waals surface area contributed by atoms with Crippen LogP contribution in [0.1, 0.15) is 25.7 Å². The SMILES string of the molecule is NC(=O)O[C@H]1CCC[C@H](N)C1. The van der Waals surface area contributed by atoms with E-state index in [0.717, 1.165) is 25.7 Å². The highest BCUT2D eigenvalue weighted by molar-refractivity contribution is 5.64. The van der Waals surface area contributed by atoms with Gasteiger partial charge in [-0.1, -0.05) is 0 Å². The lowest BCUT2D eigenvalue weighted by Crippen LogP contribution is -2.34. The Morgan fingerprint density at radius 1 is 1.45 bits per heavy atom. The zero-order chi connectivity index (χ0) is 8.27.